The molecule has 0 saturated heterocycles. The van der Waals surface area contributed by atoms with Crippen molar-refractivity contribution in [1.82, 2.24) is 0 Å². The van der Waals surface area contributed by atoms with Gasteiger partial charge in [0.25, 0.3) is 11.8 Å². The first-order valence-corrected chi connectivity index (χ1v) is 10.6. The number of carbonyl (C=O) groups is 2. The second-order valence-electron chi connectivity index (χ2n) is 8.41. The van der Waals surface area contributed by atoms with E-state index < -0.39 is 0 Å². The Kier molecular flexibility index (Phi) is 7.11. The fourth-order valence-corrected chi connectivity index (χ4v) is 4.01. The molecular formula is C24H32N3O3+. The number of hydrogen-bond donors (Lipinski definition) is 2. The summed E-state index contributed by atoms with van der Waals surface area (Å²) in [5.41, 5.74) is 1.93. The van der Waals surface area contributed by atoms with E-state index in [1.54, 1.807) is 24.3 Å². The summed E-state index contributed by atoms with van der Waals surface area (Å²) >= 11 is 0. The van der Waals surface area contributed by atoms with Crippen molar-refractivity contribution >= 4 is 23.2 Å². The number of carbonyl (C=O) groups excluding carboxylic acids is 2. The van der Waals surface area contributed by atoms with Gasteiger partial charge in [0.2, 0.25) is 0 Å². The van der Waals surface area contributed by atoms with Crippen molar-refractivity contribution in [3.05, 3.63) is 54.1 Å². The zero-order valence-corrected chi connectivity index (χ0v) is 18.1. The Labute approximate surface area is 178 Å². The van der Waals surface area contributed by atoms with Crippen LogP contribution >= 0.6 is 0 Å². The average Bonchev–Trinajstić information content (AvgIpc) is 3.26. The van der Waals surface area contributed by atoms with E-state index in [4.69, 9.17) is 4.74 Å². The molecule has 1 saturated carbocycles. The van der Waals surface area contributed by atoms with Crippen LogP contribution in [0.2, 0.25) is 0 Å². The lowest BCUT2D eigenvalue weighted by Crippen LogP contribution is -2.51. The third-order valence-electron chi connectivity index (χ3n) is 5.72. The Morgan fingerprint density at radius 2 is 1.50 bits per heavy atom. The maximum absolute atomic E-state index is 12.5. The molecule has 0 unspecified atom stereocenters. The van der Waals surface area contributed by atoms with Gasteiger partial charge in [0, 0.05) is 16.9 Å². The summed E-state index contributed by atoms with van der Waals surface area (Å²) in [5, 5.41) is 5.82. The largest absolute Gasteiger partial charge is 0.494 e. The van der Waals surface area contributed by atoms with Crippen LogP contribution in [0.4, 0.5) is 11.4 Å². The maximum atomic E-state index is 12.5. The number of hydrogen-bond acceptors (Lipinski definition) is 3. The number of anilines is 2. The lowest BCUT2D eigenvalue weighted by molar-refractivity contribution is -0.906. The van der Waals surface area contributed by atoms with E-state index in [2.05, 4.69) is 24.7 Å². The van der Waals surface area contributed by atoms with Crippen LogP contribution in [0.3, 0.4) is 0 Å². The van der Waals surface area contributed by atoms with Gasteiger partial charge in [-0.05, 0) is 81.1 Å². The van der Waals surface area contributed by atoms with E-state index >= 15 is 0 Å². The number of benzene rings is 2. The summed E-state index contributed by atoms with van der Waals surface area (Å²) in [6.45, 7) is 2.98. The molecule has 2 amide bonds. The van der Waals surface area contributed by atoms with E-state index in [-0.39, 0.29) is 11.8 Å². The van der Waals surface area contributed by atoms with E-state index in [1.807, 2.05) is 31.2 Å². The smallest absolute Gasteiger partial charge is 0.279 e. The minimum absolute atomic E-state index is 0.00140. The molecule has 1 aliphatic rings. The number of amides is 2. The van der Waals surface area contributed by atoms with Crippen LogP contribution in [0.25, 0.3) is 0 Å². The second-order valence-corrected chi connectivity index (χ2v) is 8.41. The molecule has 0 aliphatic heterocycles. The molecule has 0 heterocycles. The van der Waals surface area contributed by atoms with E-state index in [1.165, 1.54) is 25.7 Å². The van der Waals surface area contributed by atoms with Gasteiger partial charge in [-0.3, -0.25) is 9.59 Å². The van der Waals surface area contributed by atoms with Crippen molar-refractivity contribution < 1.29 is 18.8 Å². The molecular weight excluding hydrogens is 378 g/mol. The third kappa shape index (κ3) is 5.83. The molecule has 1 fully saturated rings. The summed E-state index contributed by atoms with van der Waals surface area (Å²) in [4.78, 5) is 25.0. The zero-order chi connectivity index (χ0) is 21.6. The number of ether oxygens (including phenoxy) is 1. The van der Waals surface area contributed by atoms with Gasteiger partial charge in [-0.2, -0.15) is 0 Å². The lowest BCUT2D eigenvalue weighted by Gasteiger charge is -2.35. The molecule has 0 aromatic heterocycles. The molecule has 2 aromatic rings. The Balaban J connectivity index is 1.53. The first-order chi connectivity index (χ1) is 14.4. The third-order valence-corrected chi connectivity index (χ3v) is 5.72. The topological polar surface area (TPSA) is 67.4 Å². The molecule has 2 aromatic carbocycles. The predicted molar refractivity (Wildman–Crippen MR) is 120 cm³/mol. The number of quaternary nitrogens is 1. The molecule has 1 aliphatic carbocycles. The molecule has 30 heavy (non-hydrogen) atoms. The van der Waals surface area contributed by atoms with Crippen LogP contribution < -0.4 is 15.4 Å². The minimum Gasteiger partial charge on any atom is -0.494 e. The van der Waals surface area contributed by atoms with Gasteiger partial charge in [0.15, 0.2) is 6.54 Å². The zero-order valence-electron chi connectivity index (χ0n) is 18.1. The van der Waals surface area contributed by atoms with Crippen molar-refractivity contribution in [2.75, 3.05) is 37.9 Å². The molecule has 0 spiro atoms. The molecule has 3 rings (SSSR count). The van der Waals surface area contributed by atoms with Gasteiger partial charge in [-0.1, -0.05) is 0 Å². The minimum atomic E-state index is -0.198. The Morgan fingerprint density at radius 1 is 0.933 bits per heavy atom. The first-order valence-electron chi connectivity index (χ1n) is 10.6. The summed E-state index contributed by atoms with van der Waals surface area (Å²) in [6.07, 6.45) is 4.90. The molecule has 6 nitrogen and oxygen atoms in total. The highest BCUT2D eigenvalue weighted by Crippen LogP contribution is 2.26. The highest BCUT2D eigenvalue weighted by Gasteiger charge is 2.32. The van der Waals surface area contributed by atoms with Crippen molar-refractivity contribution in [3.63, 3.8) is 0 Å². The van der Waals surface area contributed by atoms with Crippen LogP contribution in [0.1, 0.15) is 43.0 Å². The molecule has 6 heteroatoms. The van der Waals surface area contributed by atoms with Crippen molar-refractivity contribution in [3.8, 4) is 5.75 Å². The maximum Gasteiger partial charge on any atom is 0.279 e. The first kappa shape index (κ1) is 21.8. The van der Waals surface area contributed by atoms with Crippen LogP contribution in [0.5, 0.6) is 5.75 Å². The van der Waals surface area contributed by atoms with Crippen LogP contribution in [-0.2, 0) is 4.79 Å². The van der Waals surface area contributed by atoms with E-state index in [9.17, 15) is 9.59 Å². The number of likely N-dealkylation sites (N-methyl/N-ethyl adjacent to an activating group) is 1. The molecule has 160 valence electrons. The van der Waals surface area contributed by atoms with E-state index in [0.717, 1.165) is 5.75 Å². The normalized spacial score (nSPS) is 14.4. The number of nitrogens with one attached hydrogen (secondary N) is 2. The van der Waals surface area contributed by atoms with Crippen molar-refractivity contribution in [2.24, 2.45) is 0 Å². The highest BCUT2D eigenvalue weighted by atomic mass is 16.5. The van der Waals surface area contributed by atoms with Gasteiger partial charge in [-0.15, -0.1) is 0 Å². The van der Waals surface area contributed by atoms with Gasteiger partial charge >= 0.3 is 0 Å². The Hall–Kier alpha value is -2.86. The van der Waals surface area contributed by atoms with Gasteiger partial charge in [0.05, 0.1) is 26.7 Å². The Bertz CT molecular complexity index is 854. The average molecular weight is 411 g/mol. The monoisotopic (exact) mass is 410 g/mol. The SMILES string of the molecule is CCOc1ccc(NC(=O)c2ccc(NC(=O)C[N+](C)(C)C3CCCC3)cc2)cc1. The Morgan fingerprint density at radius 3 is 2.10 bits per heavy atom. The summed E-state index contributed by atoms with van der Waals surface area (Å²) in [5.74, 6) is 0.569. The van der Waals surface area contributed by atoms with Gasteiger partial charge < -0.3 is 19.9 Å². The van der Waals surface area contributed by atoms with Gasteiger partial charge in [0.1, 0.15) is 5.75 Å². The fraction of sp³-hybridized carbons (Fsp3) is 0.417. The van der Waals surface area contributed by atoms with Crippen LogP contribution in [0, 0.1) is 0 Å². The molecule has 2 N–H and O–H groups in total. The number of nitrogens with zero attached hydrogens (tertiary/aromatic N) is 1. The summed E-state index contributed by atoms with van der Waals surface area (Å²) < 4.78 is 6.12. The quantitative estimate of drug-likeness (QED) is 0.638. The van der Waals surface area contributed by atoms with Gasteiger partial charge in [-0.25, -0.2) is 0 Å². The van der Waals surface area contributed by atoms with Crippen molar-refractivity contribution in [2.45, 2.75) is 38.6 Å². The number of rotatable bonds is 8. The molecule has 0 atom stereocenters. The molecule has 0 radical (unpaired) electrons. The van der Waals surface area contributed by atoms with Crippen LogP contribution in [0.15, 0.2) is 48.5 Å². The standard InChI is InChI=1S/C24H31N3O3/c1-4-30-22-15-13-20(14-16-22)26-24(29)18-9-11-19(12-10-18)25-23(28)17-27(2,3)21-7-5-6-8-21/h9-16,21H,4-8,17H2,1-3H3,(H-,25,26,28,29)/p+1. The molecule has 0 bridgehead atoms. The fourth-order valence-electron chi connectivity index (χ4n) is 4.01. The second kappa shape index (κ2) is 9.76. The van der Waals surface area contributed by atoms with E-state index in [0.29, 0.717) is 40.6 Å². The predicted octanol–water partition coefficient (Wildman–Crippen LogP) is 4.30. The van der Waals surface area contributed by atoms with Crippen molar-refractivity contribution in [1.29, 1.82) is 0 Å². The lowest BCUT2D eigenvalue weighted by atomic mass is 10.1. The van der Waals surface area contributed by atoms with Crippen LogP contribution in [-0.4, -0.2) is 49.6 Å². The summed E-state index contributed by atoms with van der Waals surface area (Å²) in [6, 6.07) is 14.8. The highest BCUT2D eigenvalue weighted by molar-refractivity contribution is 6.04. The summed E-state index contributed by atoms with van der Waals surface area (Å²) in [7, 11) is 4.26.